The molecule has 6 nitrogen and oxygen atoms in total. The highest BCUT2D eigenvalue weighted by Crippen LogP contribution is 2.15. The van der Waals surface area contributed by atoms with E-state index in [-0.39, 0.29) is 23.7 Å². The molecule has 0 aliphatic rings. The van der Waals surface area contributed by atoms with Crippen molar-refractivity contribution in [1.29, 1.82) is 0 Å². The molecule has 1 rings (SSSR count). The summed E-state index contributed by atoms with van der Waals surface area (Å²) in [5, 5.41) is 3.90. The Hall–Kier alpha value is -1.15. The van der Waals surface area contributed by atoms with E-state index in [1.807, 2.05) is 6.92 Å². The van der Waals surface area contributed by atoms with Crippen LogP contribution in [0.1, 0.15) is 19.8 Å². The van der Waals surface area contributed by atoms with Gasteiger partial charge in [-0.2, -0.15) is 5.10 Å². The highest BCUT2D eigenvalue weighted by Gasteiger charge is 2.20. The first-order chi connectivity index (χ1) is 8.01. The number of alkyl halides is 1. The van der Waals surface area contributed by atoms with Crippen LogP contribution >= 0.6 is 0 Å². The lowest BCUT2D eigenvalue weighted by atomic mass is 10.5. The predicted molar refractivity (Wildman–Crippen MR) is 62.7 cm³/mol. The summed E-state index contributed by atoms with van der Waals surface area (Å²) in [7, 11) is -3.69. The first-order valence-electron chi connectivity index (χ1n) is 5.39. The molecule has 0 aromatic carbocycles. The second-order valence-electron chi connectivity index (χ2n) is 3.58. The maximum Gasteiger partial charge on any atom is 0.245 e. The lowest BCUT2D eigenvalue weighted by molar-refractivity contribution is 0.470. The van der Waals surface area contributed by atoms with Crippen LogP contribution in [0.4, 0.5) is 10.2 Å². The van der Waals surface area contributed by atoms with Gasteiger partial charge in [0.1, 0.15) is 4.90 Å². The van der Waals surface area contributed by atoms with E-state index in [0.29, 0.717) is 6.54 Å². The highest BCUT2D eigenvalue weighted by molar-refractivity contribution is 7.89. The molecule has 0 bridgehead atoms. The van der Waals surface area contributed by atoms with Gasteiger partial charge in [0.05, 0.1) is 6.67 Å². The van der Waals surface area contributed by atoms with Gasteiger partial charge in [-0.05, 0) is 12.8 Å². The Morgan fingerprint density at radius 3 is 2.88 bits per heavy atom. The van der Waals surface area contributed by atoms with Gasteiger partial charge in [-0.15, -0.1) is 0 Å². The Labute approximate surface area is 100 Å². The fourth-order valence-corrected chi connectivity index (χ4v) is 2.46. The second kappa shape index (κ2) is 5.97. The largest absolute Gasteiger partial charge is 0.381 e. The topological polar surface area (TPSA) is 90.0 Å². The van der Waals surface area contributed by atoms with Crippen LogP contribution < -0.4 is 10.5 Å². The highest BCUT2D eigenvalue weighted by atomic mass is 32.2. The molecule has 0 saturated carbocycles. The average molecular weight is 264 g/mol. The van der Waals surface area contributed by atoms with Crippen molar-refractivity contribution >= 4 is 15.8 Å². The minimum absolute atomic E-state index is 0.0359. The number of sulfonamides is 1. The molecule has 0 aliphatic carbocycles. The van der Waals surface area contributed by atoms with Crippen LogP contribution in [0.3, 0.4) is 0 Å². The van der Waals surface area contributed by atoms with Crippen molar-refractivity contribution < 1.29 is 12.8 Å². The van der Waals surface area contributed by atoms with Crippen molar-refractivity contribution in [3.63, 3.8) is 0 Å². The number of aromatic nitrogens is 2. The van der Waals surface area contributed by atoms with E-state index in [2.05, 4.69) is 9.82 Å². The van der Waals surface area contributed by atoms with Crippen LogP contribution in [0.5, 0.6) is 0 Å². The van der Waals surface area contributed by atoms with Gasteiger partial charge < -0.3 is 5.73 Å². The van der Waals surface area contributed by atoms with Gasteiger partial charge in [-0.1, -0.05) is 6.92 Å². The second-order valence-corrected chi connectivity index (χ2v) is 5.32. The van der Waals surface area contributed by atoms with E-state index in [1.54, 1.807) is 0 Å². The van der Waals surface area contributed by atoms with Crippen molar-refractivity contribution in [3.05, 3.63) is 6.20 Å². The van der Waals surface area contributed by atoms with Crippen LogP contribution in [-0.2, 0) is 16.6 Å². The molecule has 3 N–H and O–H groups in total. The summed E-state index contributed by atoms with van der Waals surface area (Å²) in [6.07, 6.45) is 2.36. The Kier molecular flexibility index (Phi) is 4.88. The molecule has 0 radical (unpaired) electrons. The van der Waals surface area contributed by atoms with Crippen LogP contribution in [0.2, 0.25) is 0 Å². The summed E-state index contributed by atoms with van der Waals surface area (Å²) in [6.45, 7) is 2.04. The molecule has 0 amide bonds. The van der Waals surface area contributed by atoms with Gasteiger partial charge in [0, 0.05) is 19.3 Å². The van der Waals surface area contributed by atoms with Gasteiger partial charge in [0.2, 0.25) is 10.0 Å². The molecule has 1 heterocycles. The molecule has 0 fully saturated rings. The monoisotopic (exact) mass is 264 g/mol. The molecule has 1 aromatic rings. The molecule has 0 saturated heterocycles. The molecule has 8 heteroatoms. The number of rotatable bonds is 7. The summed E-state index contributed by atoms with van der Waals surface area (Å²) < 4.78 is 39.2. The van der Waals surface area contributed by atoms with Crippen molar-refractivity contribution in [2.24, 2.45) is 0 Å². The third-order valence-corrected chi connectivity index (χ3v) is 3.58. The smallest absolute Gasteiger partial charge is 0.245 e. The van der Waals surface area contributed by atoms with Crippen molar-refractivity contribution in [3.8, 4) is 0 Å². The van der Waals surface area contributed by atoms with Crippen LogP contribution in [0, 0.1) is 0 Å². The Morgan fingerprint density at radius 2 is 2.29 bits per heavy atom. The van der Waals surface area contributed by atoms with E-state index in [9.17, 15) is 12.8 Å². The first kappa shape index (κ1) is 13.9. The lowest BCUT2D eigenvalue weighted by Gasteiger charge is -2.03. The number of anilines is 1. The van der Waals surface area contributed by atoms with Gasteiger partial charge in [0.15, 0.2) is 5.82 Å². The fourth-order valence-electron chi connectivity index (χ4n) is 1.32. The number of nitrogens with one attached hydrogen (secondary N) is 1. The van der Waals surface area contributed by atoms with E-state index < -0.39 is 16.7 Å². The third-order valence-electron chi connectivity index (χ3n) is 2.10. The predicted octanol–water partition coefficient (Wildman–Crippen LogP) is 0.513. The summed E-state index contributed by atoms with van der Waals surface area (Å²) in [4.78, 5) is -0.0511. The number of nitrogens with two attached hydrogens (primary N) is 1. The molecule has 98 valence electrons. The normalized spacial score (nSPS) is 11.9. The van der Waals surface area contributed by atoms with Gasteiger partial charge in [-0.25, -0.2) is 13.1 Å². The Bertz CT molecular complexity index is 458. The zero-order chi connectivity index (χ0) is 12.9. The van der Waals surface area contributed by atoms with Gasteiger partial charge in [-0.3, -0.25) is 9.07 Å². The molecule has 17 heavy (non-hydrogen) atoms. The number of aryl methyl sites for hydroxylation is 1. The van der Waals surface area contributed by atoms with Crippen molar-refractivity contribution in [2.45, 2.75) is 31.2 Å². The Balaban J connectivity index is 2.83. The zero-order valence-corrected chi connectivity index (χ0v) is 10.5. The number of nitrogen functional groups attached to an aromatic ring is 1. The summed E-state index contributed by atoms with van der Waals surface area (Å²) >= 11 is 0. The van der Waals surface area contributed by atoms with E-state index in [1.165, 1.54) is 10.9 Å². The quantitative estimate of drug-likeness (QED) is 0.702. The van der Waals surface area contributed by atoms with Crippen molar-refractivity contribution in [1.82, 2.24) is 14.5 Å². The van der Waals surface area contributed by atoms with E-state index in [0.717, 1.165) is 6.42 Å². The fraction of sp³-hybridized carbons (Fsp3) is 0.667. The SMILES string of the molecule is CCCn1cc(S(=O)(=O)NCCCF)c(N)n1. The molecule has 0 atom stereocenters. The number of halogens is 1. The molecule has 0 unspecified atom stereocenters. The summed E-state index contributed by atoms with van der Waals surface area (Å²) in [5.74, 6) is -0.0359. The van der Waals surface area contributed by atoms with E-state index >= 15 is 0 Å². The average Bonchev–Trinajstić information content (AvgIpc) is 2.61. The zero-order valence-electron chi connectivity index (χ0n) is 9.69. The molecular weight excluding hydrogens is 247 g/mol. The summed E-state index contributed by atoms with van der Waals surface area (Å²) in [5.41, 5.74) is 5.54. The molecule has 0 spiro atoms. The number of nitrogens with zero attached hydrogens (tertiary/aromatic N) is 2. The summed E-state index contributed by atoms with van der Waals surface area (Å²) in [6, 6.07) is 0. The third kappa shape index (κ3) is 3.67. The minimum Gasteiger partial charge on any atom is -0.381 e. The Morgan fingerprint density at radius 1 is 1.59 bits per heavy atom. The van der Waals surface area contributed by atoms with Gasteiger partial charge in [0.25, 0.3) is 0 Å². The molecular formula is C9H17FN4O2S. The van der Waals surface area contributed by atoms with Crippen LogP contribution in [-0.4, -0.2) is 31.4 Å². The van der Waals surface area contributed by atoms with Gasteiger partial charge >= 0.3 is 0 Å². The van der Waals surface area contributed by atoms with Crippen LogP contribution in [0.15, 0.2) is 11.1 Å². The van der Waals surface area contributed by atoms with E-state index in [4.69, 9.17) is 5.73 Å². The maximum atomic E-state index is 11.9. The molecule has 0 aliphatic heterocycles. The number of hydrogen-bond acceptors (Lipinski definition) is 4. The maximum absolute atomic E-state index is 11.9. The standard InChI is InChI=1S/C9H17FN4O2S/c1-2-6-14-7-8(9(11)13-14)17(15,16)12-5-3-4-10/h7,12H,2-6H2,1H3,(H2,11,13). The first-order valence-corrected chi connectivity index (χ1v) is 6.88. The van der Waals surface area contributed by atoms with Crippen molar-refractivity contribution in [2.75, 3.05) is 19.0 Å². The number of hydrogen-bond donors (Lipinski definition) is 2. The van der Waals surface area contributed by atoms with Crippen LogP contribution in [0.25, 0.3) is 0 Å². The minimum atomic E-state index is -3.69. The lowest BCUT2D eigenvalue weighted by Crippen LogP contribution is -2.25. The molecule has 1 aromatic heterocycles.